The van der Waals surface area contributed by atoms with Gasteiger partial charge in [-0.05, 0) is 13.3 Å². The summed E-state index contributed by atoms with van der Waals surface area (Å²) in [5, 5.41) is 0. The van der Waals surface area contributed by atoms with Crippen LogP contribution in [0, 0.1) is 5.92 Å². The Morgan fingerprint density at radius 1 is 1.64 bits per heavy atom. The molecule has 14 heavy (non-hydrogen) atoms. The number of carbonyl (C=O) groups excluding carboxylic acids is 2. The van der Waals surface area contributed by atoms with E-state index in [1.54, 1.807) is 0 Å². The van der Waals surface area contributed by atoms with Crippen LogP contribution in [0.1, 0.15) is 33.1 Å². The van der Waals surface area contributed by atoms with Crippen molar-refractivity contribution in [2.75, 3.05) is 0 Å². The number of hydrogen-bond donors (Lipinski definition) is 0. The number of hydrogen-bond acceptors (Lipinski definition) is 4. The zero-order chi connectivity index (χ0) is 10.3. The largest absolute Gasteiger partial charge is 0.462 e. The Labute approximate surface area is 82.6 Å². The number of rotatable bonds is 1. The molecule has 0 N–H and O–H groups in total. The lowest BCUT2D eigenvalue weighted by Crippen LogP contribution is -2.27. The zero-order valence-electron chi connectivity index (χ0n) is 8.41. The van der Waals surface area contributed by atoms with Gasteiger partial charge in [0.2, 0.25) is 0 Å². The summed E-state index contributed by atoms with van der Waals surface area (Å²) in [6.07, 6.45) is 1.79. The van der Waals surface area contributed by atoms with Gasteiger partial charge in [-0.15, -0.1) is 0 Å². The molecule has 4 nitrogen and oxygen atoms in total. The second-order valence-corrected chi connectivity index (χ2v) is 4.36. The smallest absolute Gasteiger partial charge is 0.306 e. The molecule has 3 atom stereocenters. The molecule has 1 heterocycles. The number of fused-ring (bicyclic) bond motifs is 1. The lowest BCUT2D eigenvalue weighted by atomic mass is 9.93. The quantitative estimate of drug-likeness (QED) is 0.590. The zero-order valence-corrected chi connectivity index (χ0v) is 8.41. The molecule has 0 bridgehead atoms. The van der Waals surface area contributed by atoms with Gasteiger partial charge in [-0.25, -0.2) is 0 Å². The lowest BCUT2D eigenvalue weighted by molar-refractivity contribution is -0.151. The monoisotopic (exact) mass is 198 g/mol. The van der Waals surface area contributed by atoms with E-state index in [9.17, 15) is 9.59 Å². The summed E-state index contributed by atoms with van der Waals surface area (Å²) >= 11 is 0. The van der Waals surface area contributed by atoms with Gasteiger partial charge in [-0.2, -0.15) is 0 Å². The Morgan fingerprint density at radius 3 is 2.93 bits per heavy atom. The van der Waals surface area contributed by atoms with Crippen molar-refractivity contribution in [3.05, 3.63) is 0 Å². The second-order valence-electron chi connectivity index (χ2n) is 4.36. The Balaban J connectivity index is 2.02. The molecule has 1 saturated heterocycles. The Kier molecular flexibility index (Phi) is 2.01. The topological polar surface area (TPSA) is 52.6 Å². The Morgan fingerprint density at radius 2 is 2.36 bits per heavy atom. The summed E-state index contributed by atoms with van der Waals surface area (Å²) in [5.41, 5.74) is -0.392. The van der Waals surface area contributed by atoms with Crippen molar-refractivity contribution in [1.82, 2.24) is 0 Å². The fourth-order valence-corrected chi connectivity index (χ4v) is 2.52. The molecule has 4 heteroatoms. The molecule has 0 amide bonds. The van der Waals surface area contributed by atoms with Crippen molar-refractivity contribution in [2.45, 2.75) is 44.8 Å². The van der Waals surface area contributed by atoms with Gasteiger partial charge in [0.25, 0.3) is 0 Å². The highest BCUT2D eigenvalue weighted by molar-refractivity contribution is 5.73. The molecule has 2 rings (SSSR count). The van der Waals surface area contributed by atoms with E-state index in [1.165, 1.54) is 6.92 Å². The highest BCUT2D eigenvalue weighted by atomic mass is 16.6. The van der Waals surface area contributed by atoms with Crippen LogP contribution < -0.4 is 0 Å². The Hall–Kier alpha value is -1.06. The van der Waals surface area contributed by atoms with Crippen LogP contribution in [0.5, 0.6) is 0 Å². The van der Waals surface area contributed by atoms with E-state index in [0.717, 1.165) is 6.42 Å². The third-order valence-corrected chi connectivity index (χ3v) is 3.14. The van der Waals surface area contributed by atoms with Crippen molar-refractivity contribution in [3.8, 4) is 0 Å². The summed E-state index contributed by atoms with van der Waals surface area (Å²) in [5.74, 6) is -0.164. The molecule has 0 radical (unpaired) electrons. The first-order chi connectivity index (χ1) is 6.49. The minimum Gasteiger partial charge on any atom is -0.462 e. The summed E-state index contributed by atoms with van der Waals surface area (Å²) < 4.78 is 10.4. The molecular weight excluding hydrogens is 184 g/mol. The number of carbonyl (C=O) groups is 2. The van der Waals surface area contributed by atoms with Gasteiger partial charge in [0.1, 0.15) is 11.7 Å². The van der Waals surface area contributed by atoms with Crippen LogP contribution in [-0.4, -0.2) is 23.6 Å². The molecule has 0 spiro atoms. The first-order valence-corrected chi connectivity index (χ1v) is 4.89. The summed E-state index contributed by atoms with van der Waals surface area (Å²) in [6, 6.07) is 0. The minimum atomic E-state index is -0.392. The molecule has 2 aliphatic rings. The second kappa shape index (κ2) is 2.97. The molecule has 78 valence electrons. The fraction of sp³-hybridized carbons (Fsp3) is 0.800. The summed E-state index contributed by atoms with van der Waals surface area (Å²) in [7, 11) is 0. The van der Waals surface area contributed by atoms with E-state index in [0.29, 0.717) is 12.8 Å². The molecule has 1 aliphatic heterocycles. The van der Waals surface area contributed by atoms with Gasteiger partial charge >= 0.3 is 11.9 Å². The third-order valence-electron chi connectivity index (χ3n) is 3.14. The average molecular weight is 198 g/mol. The van der Waals surface area contributed by atoms with Gasteiger partial charge < -0.3 is 9.47 Å². The molecule has 0 unspecified atom stereocenters. The molecular formula is C10H14O4. The van der Waals surface area contributed by atoms with E-state index in [-0.39, 0.29) is 24.0 Å². The normalized spacial score (nSPS) is 40.6. The lowest BCUT2D eigenvalue weighted by Gasteiger charge is -2.21. The van der Waals surface area contributed by atoms with Crippen LogP contribution in [0.15, 0.2) is 0 Å². The molecule has 0 aromatic rings. The van der Waals surface area contributed by atoms with Gasteiger partial charge in [-0.3, -0.25) is 9.59 Å². The highest BCUT2D eigenvalue weighted by Gasteiger charge is 2.53. The number of esters is 2. The third kappa shape index (κ3) is 1.49. The maximum absolute atomic E-state index is 11.1. The van der Waals surface area contributed by atoms with E-state index in [1.807, 2.05) is 6.92 Å². The molecule has 2 fully saturated rings. The molecule has 0 aromatic carbocycles. The fourth-order valence-electron chi connectivity index (χ4n) is 2.52. The minimum absolute atomic E-state index is 0.0735. The van der Waals surface area contributed by atoms with Crippen LogP contribution >= 0.6 is 0 Å². The first kappa shape index (κ1) is 9.49. The van der Waals surface area contributed by atoms with Crippen molar-refractivity contribution < 1.29 is 19.1 Å². The van der Waals surface area contributed by atoms with Crippen molar-refractivity contribution in [1.29, 1.82) is 0 Å². The van der Waals surface area contributed by atoms with Crippen LogP contribution in [0.3, 0.4) is 0 Å². The van der Waals surface area contributed by atoms with Crippen molar-refractivity contribution in [3.63, 3.8) is 0 Å². The maximum atomic E-state index is 11.1. The average Bonchev–Trinajstić information content (AvgIpc) is 2.36. The van der Waals surface area contributed by atoms with Crippen LogP contribution in [0.2, 0.25) is 0 Å². The summed E-state index contributed by atoms with van der Waals surface area (Å²) in [6.45, 7) is 3.33. The van der Waals surface area contributed by atoms with Gasteiger partial charge in [0, 0.05) is 19.3 Å². The molecule has 0 aromatic heterocycles. The van der Waals surface area contributed by atoms with E-state index in [2.05, 4.69) is 0 Å². The van der Waals surface area contributed by atoms with Crippen LogP contribution in [0.25, 0.3) is 0 Å². The molecule has 1 aliphatic carbocycles. The van der Waals surface area contributed by atoms with Gasteiger partial charge in [-0.1, -0.05) is 0 Å². The summed E-state index contributed by atoms with van der Waals surface area (Å²) in [4.78, 5) is 21.8. The first-order valence-electron chi connectivity index (χ1n) is 4.89. The number of ether oxygens (including phenoxy) is 2. The molecule has 1 saturated carbocycles. The maximum Gasteiger partial charge on any atom is 0.306 e. The van der Waals surface area contributed by atoms with Crippen molar-refractivity contribution >= 4 is 11.9 Å². The van der Waals surface area contributed by atoms with Crippen LogP contribution in [-0.2, 0) is 19.1 Å². The van der Waals surface area contributed by atoms with Crippen LogP contribution in [0.4, 0.5) is 0 Å². The highest BCUT2D eigenvalue weighted by Crippen LogP contribution is 2.46. The van der Waals surface area contributed by atoms with E-state index in [4.69, 9.17) is 9.47 Å². The van der Waals surface area contributed by atoms with E-state index < -0.39 is 5.60 Å². The van der Waals surface area contributed by atoms with E-state index >= 15 is 0 Å². The van der Waals surface area contributed by atoms with Gasteiger partial charge in [0.05, 0.1) is 6.42 Å². The van der Waals surface area contributed by atoms with Gasteiger partial charge in [0.15, 0.2) is 0 Å². The Bertz CT molecular complexity index is 286. The van der Waals surface area contributed by atoms with Crippen molar-refractivity contribution in [2.24, 2.45) is 5.92 Å². The predicted octanol–water partition coefficient (Wildman–Crippen LogP) is 1.03. The predicted molar refractivity (Wildman–Crippen MR) is 47.4 cm³/mol. The SMILES string of the molecule is CC(=O)O[C@H]1C[C@H]2CC(=O)O[C@@]2(C)C1. The standard InChI is InChI=1S/C10H14O4/c1-6(11)13-8-3-7-4-9(12)14-10(7,2)5-8/h7-8H,3-5H2,1-2H3/t7-,8-,10-/m0/s1.